The van der Waals surface area contributed by atoms with E-state index in [1.807, 2.05) is 60.7 Å². The number of carbonyl (C=O) groups excluding carboxylic acids is 1. The molecule has 8 heteroatoms. The Morgan fingerprint density at radius 2 is 1.65 bits per heavy atom. The molecule has 1 amide bonds. The molecule has 0 bridgehead atoms. The van der Waals surface area contributed by atoms with Crippen LogP contribution in [0.1, 0.15) is 43.2 Å². The maximum atomic E-state index is 13.6. The highest BCUT2D eigenvalue weighted by molar-refractivity contribution is 7.88. The van der Waals surface area contributed by atoms with Crippen LogP contribution in [0.2, 0.25) is 5.02 Å². The van der Waals surface area contributed by atoms with Gasteiger partial charge in [-0.15, -0.1) is 0 Å². The summed E-state index contributed by atoms with van der Waals surface area (Å²) < 4.78 is 25.1. The molecule has 1 aliphatic rings. The summed E-state index contributed by atoms with van der Waals surface area (Å²) in [5.41, 5.74) is 2.85. The average molecular weight is 498 g/mol. The Morgan fingerprint density at radius 3 is 2.29 bits per heavy atom. The number of anilines is 1. The number of hydrogen-bond donors (Lipinski definition) is 2. The van der Waals surface area contributed by atoms with Gasteiger partial charge in [-0.05, 0) is 48.2 Å². The van der Waals surface area contributed by atoms with Crippen LogP contribution in [-0.4, -0.2) is 25.6 Å². The summed E-state index contributed by atoms with van der Waals surface area (Å²) in [6.45, 7) is 0.232. The number of amides is 1. The number of hydrogen-bond acceptors (Lipinski definition) is 4. The molecule has 0 radical (unpaired) electrons. The molecule has 1 fully saturated rings. The summed E-state index contributed by atoms with van der Waals surface area (Å²) >= 11 is 6.09. The van der Waals surface area contributed by atoms with Crippen molar-refractivity contribution in [1.29, 1.82) is 0 Å². The number of halogens is 1. The van der Waals surface area contributed by atoms with Crippen molar-refractivity contribution in [2.24, 2.45) is 0 Å². The Labute approximate surface area is 205 Å². The van der Waals surface area contributed by atoms with E-state index >= 15 is 0 Å². The quantitative estimate of drug-likeness (QED) is 0.464. The fourth-order valence-corrected chi connectivity index (χ4v) is 5.03. The first-order chi connectivity index (χ1) is 16.2. The van der Waals surface area contributed by atoms with Gasteiger partial charge in [0.05, 0.1) is 17.4 Å². The van der Waals surface area contributed by atoms with E-state index in [1.54, 1.807) is 6.07 Å². The molecule has 2 N–H and O–H groups in total. The summed E-state index contributed by atoms with van der Waals surface area (Å²) in [7, 11) is -3.25. The van der Waals surface area contributed by atoms with Crippen LogP contribution in [0.4, 0.5) is 5.82 Å². The van der Waals surface area contributed by atoms with E-state index in [0.717, 1.165) is 60.7 Å². The van der Waals surface area contributed by atoms with Crippen molar-refractivity contribution in [1.82, 2.24) is 9.71 Å². The second-order valence-corrected chi connectivity index (χ2v) is 11.1. The molecule has 1 heterocycles. The highest BCUT2D eigenvalue weighted by atomic mass is 35.5. The summed E-state index contributed by atoms with van der Waals surface area (Å²) in [6.07, 6.45) is 5.86. The fraction of sp³-hybridized carbons (Fsp3) is 0.308. The van der Waals surface area contributed by atoms with Gasteiger partial charge in [-0.2, -0.15) is 0 Å². The first-order valence-electron chi connectivity index (χ1n) is 11.3. The lowest BCUT2D eigenvalue weighted by atomic mass is 9.68. The van der Waals surface area contributed by atoms with Crippen LogP contribution in [0.5, 0.6) is 0 Å². The molecule has 0 atom stereocenters. The zero-order valence-corrected chi connectivity index (χ0v) is 20.6. The van der Waals surface area contributed by atoms with Crippen LogP contribution in [0.25, 0.3) is 11.3 Å². The Morgan fingerprint density at radius 1 is 0.971 bits per heavy atom. The minimum atomic E-state index is -3.25. The van der Waals surface area contributed by atoms with Crippen LogP contribution in [-0.2, 0) is 26.8 Å². The number of benzene rings is 2. The molecule has 0 saturated heterocycles. The van der Waals surface area contributed by atoms with Crippen LogP contribution < -0.4 is 10.0 Å². The Kier molecular flexibility index (Phi) is 7.36. The van der Waals surface area contributed by atoms with Crippen molar-refractivity contribution in [3.05, 3.63) is 82.9 Å². The van der Waals surface area contributed by atoms with Gasteiger partial charge in [0.1, 0.15) is 5.82 Å². The van der Waals surface area contributed by atoms with Crippen molar-refractivity contribution in [3.63, 3.8) is 0 Å². The third-order valence-corrected chi connectivity index (χ3v) is 7.24. The lowest BCUT2D eigenvalue weighted by Gasteiger charge is -2.36. The van der Waals surface area contributed by atoms with E-state index < -0.39 is 15.4 Å². The van der Waals surface area contributed by atoms with Crippen LogP contribution in [0.15, 0.2) is 66.7 Å². The zero-order chi connectivity index (χ0) is 24.2. The van der Waals surface area contributed by atoms with Gasteiger partial charge in [-0.1, -0.05) is 73.3 Å². The van der Waals surface area contributed by atoms with Crippen LogP contribution >= 0.6 is 11.6 Å². The predicted octanol–water partition coefficient (Wildman–Crippen LogP) is 5.29. The van der Waals surface area contributed by atoms with Crippen molar-refractivity contribution >= 4 is 33.3 Å². The van der Waals surface area contributed by atoms with E-state index in [1.165, 1.54) is 0 Å². The van der Waals surface area contributed by atoms with Gasteiger partial charge < -0.3 is 5.32 Å². The van der Waals surface area contributed by atoms with E-state index in [4.69, 9.17) is 11.6 Å². The lowest BCUT2D eigenvalue weighted by Crippen LogP contribution is -2.42. The second-order valence-electron chi connectivity index (χ2n) is 8.80. The largest absolute Gasteiger partial charge is 0.310 e. The Bertz CT molecular complexity index is 1250. The molecule has 3 aromatic rings. The van der Waals surface area contributed by atoms with Crippen molar-refractivity contribution < 1.29 is 13.2 Å². The molecule has 34 heavy (non-hydrogen) atoms. The van der Waals surface area contributed by atoms with E-state index in [2.05, 4.69) is 15.0 Å². The third kappa shape index (κ3) is 5.84. The molecule has 2 aromatic carbocycles. The van der Waals surface area contributed by atoms with Gasteiger partial charge in [-0.25, -0.2) is 18.1 Å². The van der Waals surface area contributed by atoms with Crippen LogP contribution in [0.3, 0.4) is 0 Å². The Balaban J connectivity index is 1.53. The molecule has 1 aromatic heterocycles. The number of nitrogens with one attached hydrogen (secondary N) is 2. The van der Waals surface area contributed by atoms with Gasteiger partial charge in [0.2, 0.25) is 15.9 Å². The summed E-state index contributed by atoms with van der Waals surface area (Å²) in [4.78, 5) is 18.2. The Hall–Kier alpha value is -2.74. The molecule has 4 rings (SSSR count). The van der Waals surface area contributed by atoms with Crippen molar-refractivity contribution in [2.45, 2.75) is 44.1 Å². The normalized spacial score (nSPS) is 15.6. The predicted molar refractivity (Wildman–Crippen MR) is 136 cm³/mol. The second kappa shape index (κ2) is 10.3. The van der Waals surface area contributed by atoms with Gasteiger partial charge in [-0.3, -0.25) is 4.79 Å². The highest BCUT2D eigenvalue weighted by Gasteiger charge is 2.41. The molecule has 0 unspecified atom stereocenters. The number of nitrogens with zero attached hydrogens (tertiary/aromatic N) is 1. The fourth-order valence-electron chi connectivity index (χ4n) is 4.48. The topological polar surface area (TPSA) is 88.2 Å². The van der Waals surface area contributed by atoms with Crippen molar-refractivity contribution in [2.75, 3.05) is 11.6 Å². The van der Waals surface area contributed by atoms with E-state index in [9.17, 15) is 13.2 Å². The SMILES string of the molecule is CS(=O)(=O)NCc1ccc(-c2cccc(NC(=O)C3(c4ccc(Cl)cc4)CCCCC3)n2)cc1. The number of sulfonamides is 1. The molecular weight excluding hydrogens is 470 g/mol. The average Bonchev–Trinajstić information content (AvgIpc) is 2.83. The van der Waals surface area contributed by atoms with E-state index in [0.29, 0.717) is 10.8 Å². The summed E-state index contributed by atoms with van der Waals surface area (Å²) in [5, 5.41) is 3.72. The van der Waals surface area contributed by atoms with Gasteiger partial charge >= 0.3 is 0 Å². The van der Waals surface area contributed by atoms with Crippen molar-refractivity contribution in [3.8, 4) is 11.3 Å². The standard InChI is InChI=1S/C26H28ClN3O3S/c1-34(32,33)28-18-19-8-10-20(11-9-19)23-6-5-7-24(29-23)30-25(31)26(16-3-2-4-17-26)21-12-14-22(27)15-13-21/h5-15,28H,2-4,16-18H2,1H3,(H,29,30,31). The third-order valence-electron chi connectivity index (χ3n) is 6.32. The lowest BCUT2D eigenvalue weighted by molar-refractivity contribution is -0.122. The monoisotopic (exact) mass is 497 g/mol. The molecule has 0 spiro atoms. The molecule has 1 aliphatic carbocycles. The van der Waals surface area contributed by atoms with Gasteiger partial charge in [0.15, 0.2) is 0 Å². The number of carbonyl (C=O) groups is 1. The molecule has 1 saturated carbocycles. The van der Waals surface area contributed by atoms with Gasteiger partial charge in [0, 0.05) is 17.1 Å². The van der Waals surface area contributed by atoms with E-state index in [-0.39, 0.29) is 12.5 Å². The number of aromatic nitrogens is 1. The molecular formula is C26H28ClN3O3S. The minimum Gasteiger partial charge on any atom is -0.310 e. The zero-order valence-electron chi connectivity index (χ0n) is 19.1. The summed E-state index contributed by atoms with van der Waals surface area (Å²) in [6, 6.07) is 20.6. The maximum absolute atomic E-state index is 13.6. The minimum absolute atomic E-state index is 0.0404. The molecule has 178 valence electrons. The highest BCUT2D eigenvalue weighted by Crippen LogP contribution is 2.40. The van der Waals surface area contributed by atoms with Crippen LogP contribution in [0, 0.1) is 0 Å². The molecule has 0 aliphatic heterocycles. The number of pyridine rings is 1. The van der Waals surface area contributed by atoms with Gasteiger partial charge in [0.25, 0.3) is 0 Å². The smallest absolute Gasteiger partial charge is 0.236 e. The molecule has 6 nitrogen and oxygen atoms in total. The summed E-state index contributed by atoms with van der Waals surface area (Å²) in [5.74, 6) is 0.464. The maximum Gasteiger partial charge on any atom is 0.236 e. The first kappa shape index (κ1) is 24.4. The number of rotatable bonds is 7. The first-order valence-corrected chi connectivity index (χ1v) is 13.6.